The number of amides is 1. The van der Waals surface area contributed by atoms with Crippen LogP contribution in [0, 0.1) is 6.92 Å². The first-order valence-electron chi connectivity index (χ1n) is 4.98. The van der Waals surface area contributed by atoms with Crippen LogP contribution in [0.4, 0.5) is 0 Å². The van der Waals surface area contributed by atoms with E-state index in [4.69, 9.17) is 4.74 Å². The van der Waals surface area contributed by atoms with Gasteiger partial charge in [0.2, 0.25) is 0 Å². The predicted octanol–water partition coefficient (Wildman–Crippen LogP) is 0.873. The maximum atomic E-state index is 11.7. The van der Waals surface area contributed by atoms with Gasteiger partial charge in [-0.2, -0.15) is 5.10 Å². The average molecular weight is 211 g/mol. The van der Waals surface area contributed by atoms with Gasteiger partial charge in [0.05, 0.1) is 24.4 Å². The molecule has 0 aliphatic carbocycles. The average Bonchev–Trinajstić information content (AvgIpc) is 2.63. The number of carbonyl (C=O) groups is 1. The van der Waals surface area contributed by atoms with E-state index in [9.17, 15) is 4.79 Å². The fourth-order valence-corrected chi connectivity index (χ4v) is 1.31. The summed E-state index contributed by atoms with van der Waals surface area (Å²) in [7, 11) is 1.62. The molecule has 0 fully saturated rings. The molecule has 1 rings (SSSR count). The van der Waals surface area contributed by atoms with E-state index in [-0.39, 0.29) is 11.9 Å². The summed E-state index contributed by atoms with van der Waals surface area (Å²) in [6.45, 7) is 4.35. The van der Waals surface area contributed by atoms with Crippen LogP contribution < -0.4 is 5.32 Å². The zero-order valence-corrected chi connectivity index (χ0v) is 9.33. The third-order valence-electron chi connectivity index (χ3n) is 2.27. The van der Waals surface area contributed by atoms with E-state index in [0.29, 0.717) is 12.2 Å². The highest BCUT2D eigenvalue weighted by Crippen LogP contribution is 2.03. The van der Waals surface area contributed by atoms with Crippen molar-refractivity contribution in [3.05, 3.63) is 17.5 Å². The van der Waals surface area contributed by atoms with Crippen molar-refractivity contribution < 1.29 is 9.53 Å². The van der Waals surface area contributed by atoms with Crippen molar-refractivity contribution in [2.75, 3.05) is 13.7 Å². The van der Waals surface area contributed by atoms with Crippen molar-refractivity contribution in [1.82, 2.24) is 15.5 Å². The van der Waals surface area contributed by atoms with Crippen LogP contribution in [0.5, 0.6) is 0 Å². The molecule has 1 unspecified atom stereocenters. The summed E-state index contributed by atoms with van der Waals surface area (Å²) in [6, 6.07) is 0.0526. The number of carbonyl (C=O) groups excluding carboxylic acids is 1. The van der Waals surface area contributed by atoms with E-state index in [1.807, 2.05) is 13.8 Å². The Labute approximate surface area is 89.2 Å². The number of nitrogens with one attached hydrogen (secondary N) is 2. The van der Waals surface area contributed by atoms with E-state index in [1.165, 1.54) is 6.20 Å². The van der Waals surface area contributed by atoms with Gasteiger partial charge in [-0.1, -0.05) is 6.92 Å². The normalized spacial score (nSPS) is 12.5. The van der Waals surface area contributed by atoms with Gasteiger partial charge < -0.3 is 10.1 Å². The lowest BCUT2D eigenvalue weighted by Gasteiger charge is -2.15. The van der Waals surface area contributed by atoms with Crippen molar-refractivity contribution in [1.29, 1.82) is 0 Å². The molecule has 1 aromatic heterocycles. The van der Waals surface area contributed by atoms with Gasteiger partial charge in [0.1, 0.15) is 0 Å². The molecule has 5 nitrogen and oxygen atoms in total. The third kappa shape index (κ3) is 3.06. The third-order valence-corrected chi connectivity index (χ3v) is 2.27. The van der Waals surface area contributed by atoms with Crippen LogP contribution in [-0.4, -0.2) is 35.9 Å². The number of hydrogen-bond donors (Lipinski definition) is 2. The largest absolute Gasteiger partial charge is 0.383 e. The zero-order chi connectivity index (χ0) is 11.3. The zero-order valence-electron chi connectivity index (χ0n) is 9.33. The van der Waals surface area contributed by atoms with E-state index < -0.39 is 0 Å². The van der Waals surface area contributed by atoms with Gasteiger partial charge in [-0.25, -0.2) is 0 Å². The molecule has 0 radical (unpaired) electrons. The first-order valence-corrected chi connectivity index (χ1v) is 4.98. The number of methoxy groups -OCH3 is 1. The molecule has 1 heterocycles. The Morgan fingerprint density at radius 2 is 2.47 bits per heavy atom. The van der Waals surface area contributed by atoms with E-state index in [2.05, 4.69) is 15.5 Å². The number of hydrogen-bond acceptors (Lipinski definition) is 3. The fourth-order valence-electron chi connectivity index (χ4n) is 1.31. The molecule has 0 aliphatic rings. The molecule has 0 saturated carbocycles. The number of H-pyrrole nitrogens is 1. The predicted molar refractivity (Wildman–Crippen MR) is 56.7 cm³/mol. The van der Waals surface area contributed by atoms with Crippen molar-refractivity contribution in [3.63, 3.8) is 0 Å². The standard InChI is InChI=1S/C10H17N3O2/c1-4-8(6-15-3)12-10(14)9-5-11-13-7(9)2/h5,8H,4,6H2,1-3H3,(H,11,13)(H,12,14). The molecule has 5 heteroatoms. The summed E-state index contributed by atoms with van der Waals surface area (Å²) < 4.78 is 5.01. The van der Waals surface area contributed by atoms with Gasteiger partial charge in [-0.05, 0) is 13.3 Å². The van der Waals surface area contributed by atoms with E-state index in [0.717, 1.165) is 12.1 Å². The molecular weight excluding hydrogens is 194 g/mol. The monoisotopic (exact) mass is 211 g/mol. The molecule has 1 amide bonds. The molecule has 1 atom stereocenters. The lowest BCUT2D eigenvalue weighted by Crippen LogP contribution is -2.37. The highest BCUT2D eigenvalue weighted by atomic mass is 16.5. The minimum atomic E-state index is -0.106. The van der Waals surface area contributed by atoms with Crippen LogP contribution in [0.3, 0.4) is 0 Å². The molecule has 2 N–H and O–H groups in total. The maximum absolute atomic E-state index is 11.7. The Kier molecular flexibility index (Phi) is 4.30. The van der Waals surface area contributed by atoms with Crippen LogP contribution in [0.25, 0.3) is 0 Å². The molecule has 84 valence electrons. The van der Waals surface area contributed by atoms with Crippen LogP contribution in [0.2, 0.25) is 0 Å². The lowest BCUT2D eigenvalue weighted by molar-refractivity contribution is 0.0894. The minimum absolute atomic E-state index is 0.0526. The van der Waals surface area contributed by atoms with Crippen molar-refractivity contribution in [3.8, 4) is 0 Å². The Bertz CT molecular complexity index is 322. The first kappa shape index (κ1) is 11.7. The molecule has 0 saturated heterocycles. The molecule has 0 bridgehead atoms. The summed E-state index contributed by atoms with van der Waals surface area (Å²) in [5.41, 5.74) is 1.37. The quantitative estimate of drug-likeness (QED) is 0.759. The second kappa shape index (κ2) is 5.50. The Morgan fingerprint density at radius 1 is 1.73 bits per heavy atom. The van der Waals surface area contributed by atoms with Gasteiger partial charge in [-0.3, -0.25) is 9.89 Å². The SMILES string of the molecule is CCC(COC)NC(=O)c1cn[nH]c1C. The van der Waals surface area contributed by atoms with E-state index >= 15 is 0 Å². The van der Waals surface area contributed by atoms with Crippen LogP contribution in [0.1, 0.15) is 29.4 Å². The van der Waals surface area contributed by atoms with Gasteiger partial charge in [0.15, 0.2) is 0 Å². The molecule has 15 heavy (non-hydrogen) atoms. The van der Waals surface area contributed by atoms with E-state index in [1.54, 1.807) is 7.11 Å². The number of aromatic nitrogens is 2. The van der Waals surface area contributed by atoms with Crippen molar-refractivity contribution in [2.45, 2.75) is 26.3 Å². The molecule has 0 aromatic carbocycles. The first-order chi connectivity index (χ1) is 7.19. The molecule has 1 aromatic rings. The summed E-state index contributed by atoms with van der Waals surface area (Å²) in [5, 5.41) is 9.42. The number of nitrogens with zero attached hydrogens (tertiary/aromatic N) is 1. The van der Waals surface area contributed by atoms with Gasteiger partial charge in [-0.15, -0.1) is 0 Å². The number of aryl methyl sites for hydroxylation is 1. The number of ether oxygens (including phenoxy) is 1. The highest BCUT2D eigenvalue weighted by Gasteiger charge is 2.14. The fraction of sp³-hybridized carbons (Fsp3) is 0.600. The molecular formula is C10H17N3O2. The molecule has 0 spiro atoms. The van der Waals surface area contributed by atoms with Gasteiger partial charge >= 0.3 is 0 Å². The van der Waals surface area contributed by atoms with Crippen LogP contribution >= 0.6 is 0 Å². The summed E-state index contributed by atoms with van der Waals surface area (Å²) >= 11 is 0. The second-order valence-corrected chi connectivity index (χ2v) is 3.44. The molecule has 0 aliphatic heterocycles. The Balaban J connectivity index is 2.58. The summed E-state index contributed by atoms with van der Waals surface area (Å²) in [4.78, 5) is 11.7. The smallest absolute Gasteiger partial charge is 0.255 e. The summed E-state index contributed by atoms with van der Waals surface area (Å²) in [5.74, 6) is -0.106. The highest BCUT2D eigenvalue weighted by molar-refractivity contribution is 5.95. The topological polar surface area (TPSA) is 67.0 Å². The van der Waals surface area contributed by atoms with Gasteiger partial charge in [0.25, 0.3) is 5.91 Å². The van der Waals surface area contributed by atoms with Crippen molar-refractivity contribution >= 4 is 5.91 Å². The van der Waals surface area contributed by atoms with Crippen LogP contribution in [0.15, 0.2) is 6.20 Å². The second-order valence-electron chi connectivity index (χ2n) is 3.44. The van der Waals surface area contributed by atoms with Gasteiger partial charge in [0, 0.05) is 12.8 Å². The Hall–Kier alpha value is -1.36. The number of rotatable bonds is 5. The summed E-state index contributed by atoms with van der Waals surface area (Å²) in [6.07, 6.45) is 2.38. The maximum Gasteiger partial charge on any atom is 0.255 e. The van der Waals surface area contributed by atoms with Crippen LogP contribution in [-0.2, 0) is 4.74 Å². The minimum Gasteiger partial charge on any atom is -0.383 e. The lowest BCUT2D eigenvalue weighted by atomic mass is 10.2. The Morgan fingerprint density at radius 3 is 2.93 bits per heavy atom. The van der Waals surface area contributed by atoms with Crippen molar-refractivity contribution in [2.24, 2.45) is 0 Å². The number of aromatic amines is 1.